The molecule has 0 saturated heterocycles. The lowest BCUT2D eigenvalue weighted by Crippen LogP contribution is -2.14. The monoisotopic (exact) mass is 243 g/mol. The molecule has 0 aliphatic carbocycles. The van der Waals surface area contributed by atoms with Crippen LogP contribution in [0.4, 0.5) is 11.5 Å². The number of hydrogen-bond acceptors (Lipinski definition) is 4. The molecule has 1 N–H and O–H groups in total. The normalized spacial score (nSPS) is 9.78. The molecule has 6 nitrogen and oxygen atoms in total. The summed E-state index contributed by atoms with van der Waals surface area (Å²) in [4.78, 5) is 26.0. The summed E-state index contributed by atoms with van der Waals surface area (Å²) in [6.07, 6.45) is 1.52. The minimum Gasteiger partial charge on any atom is -0.306 e. The zero-order chi connectivity index (χ0) is 13.0. The first-order chi connectivity index (χ1) is 8.68. The van der Waals surface area contributed by atoms with Gasteiger partial charge in [-0.25, -0.2) is 4.98 Å². The van der Waals surface area contributed by atoms with Crippen molar-refractivity contribution in [2.24, 2.45) is 0 Å². The maximum Gasteiger partial charge on any atom is 0.282 e. The number of benzene rings is 1. The molecule has 6 heteroatoms. The molecule has 0 saturated carbocycles. The smallest absolute Gasteiger partial charge is 0.282 e. The number of amides is 1. The largest absolute Gasteiger partial charge is 0.306 e. The Bertz CT molecular complexity index is 584. The Morgan fingerprint density at radius 3 is 2.56 bits per heavy atom. The van der Waals surface area contributed by atoms with E-state index in [4.69, 9.17) is 0 Å². The van der Waals surface area contributed by atoms with E-state index < -0.39 is 10.8 Å². The molecule has 1 heterocycles. The molecule has 0 aliphatic heterocycles. The molecular formula is C12H9N3O3. The summed E-state index contributed by atoms with van der Waals surface area (Å²) in [6, 6.07) is 10.8. The highest BCUT2D eigenvalue weighted by Crippen LogP contribution is 2.18. The fourth-order valence-electron chi connectivity index (χ4n) is 1.45. The molecule has 90 valence electrons. The van der Waals surface area contributed by atoms with Gasteiger partial charge in [0.2, 0.25) is 0 Å². The number of aromatic nitrogens is 1. The van der Waals surface area contributed by atoms with Gasteiger partial charge in [0.25, 0.3) is 11.6 Å². The highest BCUT2D eigenvalue weighted by Gasteiger charge is 2.19. The number of nitrogens with one attached hydrogen (secondary N) is 1. The van der Waals surface area contributed by atoms with Crippen LogP contribution in [0.1, 0.15) is 10.4 Å². The van der Waals surface area contributed by atoms with Gasteiger partial charge in [-0.05, 0) is 18.2 Å². The van der Waals surface area contributed by atoms with Gasteiger partial charge in [-0.2, -0.15) is 0 Å². The van der Waals surface area contributed by atoms with Gasteiger partial charge in [-0.3, -0.25) is 14.9 Å². The third-order valence-electron chi connectivity index (χ3n) is 2.25. The SMILES string of the molecule is O=C(Nc1ccccn1)c1ccccc1[N+](=O)[O-]. The van der Waals surface area contributed by atoms with E-state index in [1.165, 1.54) is 24.4 Å². The van der Waals surface area contributed by atoms with Gasteiger partial charge in [0.05, 0.1) is 4.92 Å². The Labute approximate surface area is 102 Å². The van der Waals surface area contributed by atoms with E-state index >= 15 is 0 Å². The highest BCUT2D eigenvalue weighted by atomic mass is 16.6. The topological polar surface area (TPSA) is 85.1 Å². The number of nitrogens with zero attached hydrogens (tertiary/aromatic N) is 2. The Hall–Kier alpha value is -2.76. The lowest BCUT2D eigenvalue weighted by molar-refractivity contribution is -0.385. The van der Waals surface area contributed by atoms with Crippen molar-refractivity contribution in [3.63, 3.8) is 0 Å². The van der Waals surface area contributed by atoms with Crippen LogP contribution >= 0.6 is 0 Å². The summed E-state index contributed by atoms with van der Waals surface area (Å²) >= 11 is 0. The van der Waals surface area contributed by atoms with Gasteiger partial charge < -0.3 is 5.32 Å². The Balaban J connectivity index is 2.27. The van der Waals surface area contributed by atoms with E-state index in [1.54, 1.807) is 24.3 Å². The molecular weight excluding hydrogens is 234 g/mol. The van der Waals surface area contributed by atoms with Crippen LogP contribution in [0.5, 0.6) is 0 Å². The predicted octanol–water partition coefficient (Wildman–Crippen LogP) is 2.24. The van der Waals surface area contributed by atoms with Crippen molar-refractivity contribution < 1.29 is 9.72 Å². The Morgan fingerprint density at radius 2 is 1.89 bits per heavy atom. The molecule has 0 fully saturated rings. The number of carbonyl (C=O) groups is 1. The van der Waals surface area contributed by atoms with Crippen molar-refractivity contribution in [1.82, 2.24) is 4.98 Å². The standard InChI is InChI=1S/C12H9N3O3/c16-12(14-11-7-3-4-8-13-11)9-5-1-2-6-10(9)15(17)18/h1-8H,(H,13,14,16). The summed E-state index contributed by atoms with van der Waals surface area (Å²) in [7, 11) is 0. The Kier molecular flexibility index (Phi) is 3.29. The van der Waals surface area contributed by atoms with Crippen LogP contribution in [-0.2, 0) is 0 Å². The molecule has 0 unspecified atom stereocenters. The van der Waals surface area contributed by atoms with Crippen molar-refractivity contribution >= 4 is 17.4 Å². The lowest BCUT2D eigenvalue weighted by Gasteiger charge is -2.04. The summed E-state index contributed by atoms with van der Waals surface area (Å²) in [5, 5.41) is 13.3. The van der Waals surface area contributed by atoms with Crippen LogP contribution in [0.25, 0.3) is 0 Å². The number of para-hydroxylation sites is 1. The van der Waals surface area contributed by atoms with Crippen molar-refractivity contribution in [2.45, 2.75) is 0 Å². The molecule has 1 amide bonds. The maximum absolute atomic E-state index is 11.9. The van der Waals surface area contributed by atoms with Crippen molar-refractivity contribution in [3.05, 3.63) is 64.3 Å². The number of rotatable bonds is 3. The summed E-state index contributed by atoms with van der Waals surface area (Å²) in [5.41, 5.74) is -0.223. The van der Waals surface area contributed by atoms with E-state index in [1.807, 2.05) is 0 Å². The molecule has 0 radical (unpaired) electrons. The second-order valence-electron chi connectivity index (χ2n) is 3.44. The number of carbonyl (C=O) groups excluding carboxylic acids is 1. The first-order valence-electron chi connectivity index (χ1n) is 5.14. The molecule has 0 aliphatic rings. The third kappa shape index (κ3) is 2.49. The van der Waals surface area contributed by atoms with Gasteiger partial charge in [-0.15, -0.1) is 0 Å². The van der Waals surface area contributed by atoms with Crippen LogP contribution in [-0.4, -0.2) is 15.8 Å². The molecule has 0 bridgehead atoms. The van der Waals surface area contributed by atoms with Crippen LogP contribution in [0.2, 0.25) is 0 Å². The zero-order valence-corrected chi connectivity index (χ0v) is 9.24. The van der Waals surface area contributed by atoms with E-state index in [9.17, 15) is 14.9 Å². The zero-order valence-electron chi connectivity index (χ0n) is 9.24. The van der Waals surface area contributed by atoms with Crippen molar-refractivity contribution in [2.75, 3.05) is 5.32 Å². The summed E-state index contributed by atoms with van der Waals surface area (Å²) < 4.78 is 0. The first kappa shape index (κ1) is 11.7. The fourth-order valence-corrected chi connectivity index (χ4v) is 1.45. The second kappa shape index (κ2) is 5.05. The molecule has 1 aromatic heterocycles. The van der Waals surface area contributed by atoms with E-state index in [0.717, 1.165) is 0 Å². The van der Waals surface area contributed by atoms with Crippen LogP contribution in [0.3, 0.4) is 0 Å². The molecule has 0 atom stereocenters. The number of hydrogen-bond donors (Lipinski definition) is 1. The van der Waals surface area contributed by atoms with E-state index in [2.05, 4.69) is 10.3 Å². The molecule has 1 aromatic carbocycles. The third-order valence-corrected chi connectivity index (χ3v) is 2.25. The van der Waals surface area contributed by atoms with Crippen LogP contribution in [0.15, 0.2) is 48.7 Å². The molecule has 2 aromatic rings. The number of nitro benzene ring substituents is 1. The molecule has 0 spiro atoms. The number of nitro groups is 1. The van der Waals surface area contributed by atoms with E-state index in [0.29, 0.717) is 5.82 Å². The summed E-state index contributed by atoms with van der Waals surface area (Å²) in [6.45, 7) is 0. The molecule has 2 rings (SSSR count). The van der Waals surface area contributed by atoms with Crippen LogP contribution in [0, 0.1) is 10.1 Å². The maximum atomic E-state index is 11.9. The quantitative estimate of drug-likeness (QED) is 0.661. The minimum absolute atomic E-state index is 0.00755. The van der Waals surface area contributed by atoms with Crippen molar-refractivity contribution in [3.8, 4) is 0 Å². The lowest BCUT2D eigenvalue weighted by atomic mass is 10.1. The average Bonchev–Trinajstić information content (AvgIpc) is 2.40. The first-order valence-corrected chi connectivity index (χ1v) is 5.14. The minimum atomic E-state index is -0.590. The molecule has 18 heavy (non-hydrogen) atoms. The highest BCUT2D eigenvalue weighted by molar-refractivity contribution is 6.06. The summed E-state index contributed by atoms with van der Waals surface area (Å²) in [5.74, 6) is -0.207. The average molecular weight is 243 g/mol. The van der Waals surface area contributed by atoms with E-state index in [-0.39, 0.29) is 11.3 Å². The van der Waals surface area contributed by atoms with Gasteiger partial charge in [0.1, 0.15) is 11.4 Å². The van der Waals surface area contributed by atoms with Gasteiger partial charge in [0, 0.05) is 12.3 Å². The second-order valence-corrected chi connectivity index (χ2v) is 3.44. The van der Waals surface area contributed by atoms with Gasteiger partial charge in [-0.1, -0.05) is 18.2 Å². The van der Waals surface area contributed by atoms with Gasteiger partial charge >= 0.3 is 0 Å². The van der Waals surface area contributed by atoms with Crippen LogP contribution < -0.4 is 5.32 Å². The van der Waals surface area contributed by atoms with Gasteiger partial charge in [0.15, 0.2) is 0 Å². The predicted molar refractivity (Wildman–Crippen MR) is 65.3 cm³/mol. The van der Waals surface area contributed by atoms with Crippen molar-refractivity contribution in [1.29, 1.82) is 0 Å². The number of anilines is 1. The Morgan fingerprint density at radius 1 is 1.17 bits per heavy atom. The fraction of sp³-hybridized carbons (Fsp3) is 0. The number of pyridine rings is 1.